The van der Waals surface area contributed by atoms with E-state index in [2.05, 4.69) is 9.46 Å². The van der Waals surface area contributed by atoms with Crippen LogP contribution in [-0.4, -0.2) is 27.0 Å². The van der Waals surface area contributed by atoms with Gasteiger partial charge in [-0.2, -0.15) is 0 Å². The molecule has 1 aromatic carbocycles. The van der Waals surface area contributed by atoms with Crippen molar-refractivity contribution in [2.75, 3.05) is 7.11 Å². The van der Waals surface area contributed by atoms with Crippen LogP contribution in [0.1, 0.15) is 26.3 Å². The minimum absolute atomic E-state index is 0.128. The summed E-state index contributed by atoms with van der Waals surface area (Å²) in [5.74, 6) is -0.358. The average molecular weight is 285 g/mol. The van der Waals surface area contributed by atoms with Crippen LogP contribution in [0, 0.1) is 0 Å². The molecule has 0 fully saturated rings. The predicted molar refractivity (Wildman–Crippen MR) is 72.2 cm³/mol. The van der Waals surface area contributed by atoms with E-state index in [0.29, 0.717) is 5.56 Å². The number of methoxy groups -OCH3 is 1. The lowest BCUT2D eigenvalue weighted by Gasteiger charge is -2.20. The molecule has 0 aliphatic heterocycles. The van der Waals surface area contributed by atoms with Gasteiger partial charge in [-0.3, -0.25) is 4.79 Å². The SMILES string of the molecule is COC(=O)Cc1ccc(S(=O)(=O)NC(C)(C)C)cc1. The molecule has 0 heterocycles. The normalized spacial score (nSPS) is 12.2. The van der Waals surface area contributed by atoms with Crippen LogP contribution in [0.2, 0.25) is 0 Å². The number of carbonyl (C=O) groups is 1. The molecule has 1 rings (SSSR count). The summed E-state index contributed by atoms with van der Waals surface area (Å²) in [5.41, 5.74) is 0.172. The maximum absolute atomic E-state index is 12.0. The zero-order valence-electron chi connectivity index (χ0n) is 11.6. The minimum Gasteiger partial charge on any atom is -0.469 e. The van der Waals surface area contributed by atoms with Crippen LogP contribution in [0.5, 0.6) is 0 Å². The summed E-state index contributed by atoms with van der Waals surface area (Å²) in [7, 11) is -2.22. The molecule has 0 saturated heterocycles. The molecule has 1 aromatic rings. The molecule has 0 aromatic heterocycles. The second-order valence-electron chi connectivity index (χ2n) is 5.25. The van der Waals surface area contributed by atoms with Gasteiger partial charge in [-0.15, -0.1) is 0 Å². The number of nitrogens with one attached hydrogen (secondary N) is 1. The van der Waals surface area contributed by atoms with E-state index < -0.39 is 15.6 Å². The number of ether oxygens (including phenoxy) is 1. The molecule has 0 bridgehead atoms. The molecule has 106 valence electrons. The summed E-state index contributed by atoms with van der Waals surface area (Å²) in [6, 6.07) is 6.17. The Morgan fingerprint density at radius 1 is 1.21 bits per heavy atom. The van der Waals surface area contributed by atoms with Crippen molar-refractivity contribution in [3.63, 3.8) is 0 Å². The van der Waals surface area contributed by atoms with E-state index in [1.54, 1.807) is 32.9 Å². The number of carbonyl (C=O) groups excluding carboxylic acids is 1. The largest absolute Gasteiger partial charge is 0.469 e. The first-order valence-electron chi connectivity index (χ1n) is 5.84. The topological polar surface area (TPSA) is 72.5 Å². The number of sulfonamides is 1. The third-order valence-corrected chi connectivity index (χ3v) is 4.02. The van der Waals surface area contributed by atoms with Crippen molar-refractivity contribution in [2.24, 2.45) is 0 Å². The van der Waals surface area contributed by atoms with Gasteiger partial charge < -0.3 is 4.74 Å². The molecule has 0 aliphatic carbocycles. The van der Waals surface area contributed by atoms with E-state index in [-0.39, 0.29) is 17.3 Å². The van der Waals surface area contributed by atoms with Crippen LogP contribution in [0.15, 0.2) is 29.2 Å². The molecule has 1 N–H and O–H groups in total. The Bertz CT molecular complexity index is 541. The fourth-order valence-electron chi connectivity index (χ4n) is 1.49. The highest BCUT2D eigenvalue weighted by Crippen LogP contribution is 2.14. The van der Waals surface area contributed by atoms with Crippen LogP contribution in [0.3, 0.4) is 0 Å². The van der Waals surface area contributed by atoms with Crippen molar-refractivity contribution in [2.45, 2.75) is 37.6 Å². The van der Waals surface area contributed by atoms with Crippen molar-refractivity contribution in [1.82, 2.24) is 4.72 Å². The Morgan fingerprint density at radius 2 is 1.74 bits per heavy atom. The van der Waals surface area contributed by atoms with E-state index >= 15 is 0 Å². The van der Waals surface area contributed by atoms with Gasteiger partial charge >= 0.3 is 5.97 Å². The molecular formula is C13H19NO4S. The van der Waals surface area contributed by atoms with Gasteiger partial charge in [0.1, 0.15) is 0 Å². The van der Waals surface area contributed by atoms with Gasteiger partial charge in [0.25, 0.3) is 0 Å². The Morgan fingerprint density at radius 3 is 2.16 bits per heavy atom. The molecule has 6 heteroatoms. The highest BCUT2D eigenvalue weighted by molar-refractivity contribution is 7.89. The zero-order valence-corrected chi connectivity index (χ0v) is 12.4. The maximum atomic E-state index is 12.0. The van der Waals surface area contributed by atoms with Crippen molar-refractivity contribution in [3.8, 4) is 0 Å². The van der Waals surface area contributed by atoms with Gasteiger partial charge in [0.05, 0.1) is 18.4 Å². The van der Waals surface area contributed by atoms with Gasteiger partial charge in [0.15, 0.2) is 0 Å². The standard InChI is InChI=1S/C13H19NO4S/c1-13(2,3)14-19(16,17)11-7-5-10(6-8-11)9-12(15)18-4/h5-8,14H,9H2,1-4H3. The molecular weight excluding hydrogens is 266 g/mol. The number of benzene rings is 1. The molecule has 5 nitrogen and oxygen atoms in total. The van der Waals surface area contributed by atoms with Crippen molar-refractivity contribution in [1.29, 1.82) is 0 Å². The second-order valence-corrected chi connectivity index (χ2v) is 6.93. The number of hydrogen-bond acceptors (Lipinski definition) is 4. The van der Waals surface area contributed by atoms with E-state index in [0.717, 1.165) is 0 Å². The number of hydrogen-bond donors (Lipinski definition) is 1. The lowest BCUT2D eigenvalue weighted by molar-refractivity contribution is -0.139. The predicted octanol–water partition coefficient (Wildman–Crippen LogP) is 1.48. The van der Waals surface area contributed by atoms with Gasteiger partial charge in [-0.25, -0.2) is 13.1 Å². The summed E-state index contributed by atoms with van der Waals surface area (Å²) < 4.78 is 31.2. The summed E-state index contributed by atoms with van der Waals surface area (Å²) >= 11 is 0. The fraction of sp³-hybridized carbons (Fsp3) is 0.462. The quantitative estimate of drug-likeness (QED) is 0.850. The van der Waals surface area contributed by atoms with Crippen molar-refractivity contribution >= 4 is 16.0 Å². The van der Waals surface area contributed by atoms with E-state index in [9.17, 15) is 13.2 Å². The van der Waals surface area contributed by atoms with Crippen molar-refractivity contribution in [3.05, 3.63) is 29.8 Å². The van der Waals surface area contributed by atoms with E-state index in [1.165, 1.54) is 19.2 Å². The van der Waals surface area contributed by atoms with Gasteiger partial charge in [0, 0.05) is 5.54 Å². The van der Waals surface area contributed by atoms with Crippen LogP contribution in [0.25, 0.3) is 0 Å². The third kappa shape index (κ3) is 5.00. The molecule has 0 spiro atoms. The highest BCUT2D eigenvalue weighted by atomic mass is 32.2. The molecule has 0 saturated carbocycles. The Hall–Kier alpha value is -1.40. The average Bonchev–Trinajstić information content (AvgIpc) is 2.26. The van der Waals surface area contributed by atoms with E-state index in [4.69, 9.17) is 0 Å². The first kappa shape index (κ1) is 15.7. The van der Waals surface area contributed by atoms with Gasteiger partial charge in [0.2, 0.25) is 10.0 Å². The summed E-state index contributed by atoms with van der Waals surface area (Å²) in [5, 5.41) is 0. The molecule has 0 unspecified atom stereocenters. The molecule has 0 radical (unpaired) electrons. The van der Waals surface area contributed by atoms with E-state index in [1.807, 2.05) is 0 Å². The second kappa shape index (κ2) is 5.71. The number of rotatable bonds is 4. The van der Waals surface area contributed by atoms with Gasteiger partial charge in [-0.05, 0) is 38.5 Å². The van der Waals surface area contributed by atoms with Crippen LogP contribution in [0.4, 0.5) is 0 Å². The van der Waals surface area contributed by atoms with Crippen LogP contribution in [-0.2, 0) is 26.0 Å². The Labute approximate surface area is 114 Å². The molecule has 0 aliphatic rings. The van der Waals surface area contributed by atoms with Crippen molar-refractivity contribution < 1.29 is 17.9 Å². The smallest absolute Gasteiger partial charge is 0.309 e. The summed E-state index contributed by atoms with van der Waals surface area (Å²) in [6.45, 7) is 5.32. The zero-order chi connectivity index (χ0) is 14.7. The summed E-state index contributed by atoms with van der Waals surface area (Å²) in [4.78, 5) is 11.3. The van der Waals surface area contributed by atoms with Crippen LogP contribution < -0.4 is 4.72 Å². The lowest BCUT2D eigenvalue weighted by Crippen LogP contribution is -2.40. The lowest BCUT2D eigenvalue weighted by atomic mass is 10.1. The number of esters is 1. The Kier molecular flexibility index (Phi) is 4.70. The Balaban J connectivity index is 2.90. The summed E-state index contributed by atoms with van der Waals surface area (Å²) in [6.07, 6.45) is 0.128. The molecule has 0 atom stereocenters. The monoisotopic (exact) mass is 285 g/mol. The minimum atomic E-state index is -3.53. The fourth-order valence-corrected chi connectivity index (χ4v) is 2.91. The first-order chi connectivity index (χ1) is 8.64. The van der Waals surface area contributed by atoms with Crippen LogP contribution >= 0.6 is 0 Å². The van der Waals surface area contributed by atoms with Gasteiger partial charge in [-0.1, -0.05) is 12.1 Å². The maximum Gasteiger partial charge on any atom is 0.309 e. The molecule has 19 heavy (non-hydrogen) atoms. The molecule has 0 amide bonds. The third-order valence-electron chi connectivity index (χ3n) is 2.25. The highest BCUT2D eigenvalue weighted by Gasteiger charge is 2.21. The first-order valence-corrected chi connectivity index (χ1v) is 7.32.